The van der Waals surface area contributed by atoms with Gasteiger partial charge in [0.2, 0.25) is 5.82 Å². The highest BCUT2D eigenvalue weighted by molar-refractivity contribution is 5.89. The van der Waals surface area contributed by atoms with Crippen LogP contribution in [0.3, 0.4) is 0 Å². The molecule has 104 valence electrons. The molecule has 0 bridgehead atoms. The molecule has 0 atom stereocenters. The third-order valence-electron chi connectivity index (χ3n) is 2.92. The van der Waals surface area contributed by atoms with Gasteiger partial charge in [0.15, 0.2) is 0 Å². The third-order valence-corrected chi connectivity index (χ3v) is 2.92. The molecule has 2 aromatic heterocycles. The molecule has 0 spiro atoms. The zero-order valence-electron chi connectivity index (χ0n) is 11.2. The molecule has 2 heterocycles. The minimum atomic E-state index is -0.385. The van der Waals surface area contributed by atoms with Crippen LogP contribution in [0.2, 0.25) is 0 Å². The topological polar surface area (TPSA) is 78.1 Å². The van der Waals surface area contributed by atoms with E-state index in [0.29, 0.717) is 17.3 Å². The van der Waals surface area contributed by atoms with Crippen LogP contribution in [0.25, 0.3) is 22.8 Å². The molecule has 6 nitrogen and oxygen atoms in total. The molecule has 0 aliphatic rings. The molecule has 0 N–H and O–H groups in total. The minimum absolute atomic E-state index is 0.385. The fourth-order valence-corrected chi connectivity index (χ4v) is 1.83. The molecule has 1 aromatic carbocycles. The number of aromatic nitrogens is 3. The van der Waals surface area contributed by atoms with E-state index in [2.05, 4.69) is 19.9 Å². The minimum Gasteiger partial charge on any atom is -0.465 e. The van der Waals surface area contributed by atoms with Gasteiger partial charge in [-0.25, -0.2) is 4.79 Å². The first-order chi connectivity index (χ1) is 10.3. The van der Waals surface area contributed by atoms with Crippen LogP contribution in [0.4, 0.5) is 0 Å². The zero-order valence-corrected chi connectivity index (χ0v) is 11.2. The van der Waals surface area contributed by atoms with Crippen molar-refractivity contribution in [3.8, 4) is 22.8 Å². The number of carbonyl (C=O) groups is 1. The van der Waals surface area contributed by atoms with Gasteiger partial charge < -0.3 is 9.26 Å². The molecule has 3 aromatic rings. The summed E-state index contributed by atoms with van der Waals surface area (Å²) in [5, 5.41) is 3.93. The van der Waals surface area contributed by atoms with Crippen LogP contribution in [0, 0.1) is 0 Å². The van der Waals surface area contributed by atoms with Crippen LogP contribution in [-0.4, -0.2) is 28.2 Å². The Morgan fingerprint density at radius 1 is 1.05 bits per heavy atom. The summed E-state index contributed by atoms with van der Waals surface area (Å²) in [4.78, 5) is 19.6. The lowest BCUT2D eigenvalue weighted by Crippen LogP contribution is -2.00. The number of methoxy groups -OCH3 is 1. The third kappa shape index (κ3) is 2.64. The molecule has 0 aliphatic heterocycles. The van der Waals surface area contributed by atoms with Gasteiger partial charge in [-0.15, -0.1) is 0 Å². The number of hydrogen-bond acceptors (Lipinski definition) is 6. The van der Waals surface area contributed by atoms with Gasteiger partial charge in [0.1, 0.15) is 0 Å². The second-order valence-corrected chi connectivity index (χ2v) is 4.23. The van der Waals surface area contributed by atoms with Crippen molar-refractivity contribution in [2.75, 3.05) is 7.11 Å². The number of esters is 1. The Morgan fingerprint density at radius 2 is 1.76 bits per heavy atom. The smallest absolute Gasteiger partial charge is 0.337 e. The summed E-state index contributed by atoms with van der Waals surface area (Å²) in [5.41, 5.74) is 2.02. The lowest BCUT2D eigenvalue weighted by Gasteiger charge is -1.99. The highest BCUT2D eigenvalue weighted by Gasteiger charge is 2.11. The van der Waals surface area contributed by atoms with Crippen molar-refractivity contribution in [1.82, 2.24) is 15.1 Å². The van der Waals surface area contributed by atoms with Crippen molar-refractivity contribution in [3.63, 3.8) is 0 Å². The summed E-state index contributed by atoms with van der Waals surface area (Å²) in [6, 6.07) is 10.4. The molecule has 0 unspecified atom stereocenters. The number of ether oxygens (including phenoxy) is 1. The molecule has 0 fully saturated rings. The molecular weight excluding hydrogens is 270 g/mol. The van der Waals surface area contributed by atoms with Crippen LogP contribution < -0.4 is 0 Å². The van der Waals surface area contributed by atoms with E-state index in [9.17, 15) is 4.79 Å². The van der Waals surface area contributed by atoms with Crippen LogP contribution in [0.15, 0.2) is 53.3 Å². The fraction of sp³-hybridized carbons (Fsp3) is 0.0667. The first-order valence-electron chi connectivity index (χ1n) is 6.21. The van der Waals surface area contributed by atoms with Crippen molar-refractivity contribution in [3.05, 3.63) is 54.4 Å². The highest BCUT2D eigenvalue weighted by atomic mass is 16.5. The summed E-state index contributed by atoms with van der Waals surface area (Å²) < 4.78 is 9.88. The highest BCUT2D eigenvalue weighted by Crippen LogP contribution is 2.22. The number of nitrogens with zero attached hydrogens (tertiary/aromatic N) is 3. The normalized spacial score (nSPS) is 10.3. The van der Waals surface area contributed by atoms with Crippen molar-refractivity contribution in [1.29, 1.82) is 0 Å². The van der Waals surface area contributed by atoms with Crippen LogP contribution in [-0.2, 0) is 4.74 Å². The van der Waals surface area contributed by atoms with Crippen molar-refractivity contribution in [2.45, 2.75) is 0 Å². The Balaban J connectivity index is 1.88. The second kappa shape index (κ2) is 5.54. The summed E-state index contributed by atoms with van der Waals surface area (Å²) in [6.07, 6.45) is 3.33. The van der Waals surface area contributed by atoms with Gasteiger partial charge >= 0.3 is 5.97 Å². The summed E-state index contributed by atoms with van der Waals surface area (Å²) in [6.45, 7) is 0. The van der Waals surface area contributed by atoms with Crippen molar-refractivity contribution in [2.24, 2.45) is 0 Å². The van der Waals surface area contributed by atoms with Gasteiger partial charge in [-0.3, -0.25) is 4.98 Å². The lowest BCUT2D eigenvalue weighted by atomic mass is 10.1. The van der Waals surface area contributed by atoms with Crippen molar-refractivity contribution >= 4 is 5.97 Å². The molecule has 21 heavy (non-hydrogen) atoms. The zero-order chi connectivity index (χ0) is 14.7. The predicted octanol–water partition coefficient (Wildman–Crippen LogP) is 2.59. The maximum absolute atomic E-state index is 11.4. The predicted molar refractivity (Wildman–Crippen MR) is 74.3 cm³/mol. The monoisotopic (exact) mass is 281 g/mol. The van der Waals surface area contributed by atoms with E-state index in [1.165, 1.54) is 7.11 Å². The van der Waals surface area contributed by atoms with E-state index in [1.807, 2.05) is 0 Å². The largest absolute Gasteiger partial charge is 0.465 e. The average molecular weight is 281 g/mol. The molecule has 0 aliphatic carbocycles. The first-order valence-corrected chi connectivity index (χ1v) is 6.21. The molecule has 0 saturated carbocycles. The second-order valence-electron chi connectivity index (χ2n) is 4.23. The number of rotatable bonds is 3. The Bertz CT molecular complexity index is 751. The van der Waals surface area contributed by atoms with Crippen LogP contribution >= 0.6 is 0 Å². The van der Waals surface area contributed by atoms with Gasteiger partial charge in [0.05, 0.1) is 12.7 Å². The summed E-state index contributed by atoms with van der Waals surface area (Å²) in [5.74, 6) is 0.493. The van der Waals surface area contributed by atoms with E-state index < -0.39 is 0 Å². The number of pyridine rings is 1. The quantitative estimate of drug-likeness (QED) is 0.687. The number of benzene rings is 1. The Morgan fingerprint density at radius 3 is 2.43 bits per heavy atom. The first kappa shape index (κ1) is 13.0. The maximum Gasteiger partial charge on any atom is 0.337 e. The molecule has 0 saturated heterocycles. The molecule has 3 rings (SSSR count). The fourth-order valence-electron chi connectivity index (χ4n) is 1.83. The van der Waals surface area contributed by atoms with Gasteiger partial charge in [-0.1, -0.05) is 5.16 Å². The van der Waals surface area contributed by atoms with E-state index in [-0.39, 0.29) is 5.97 Å². The lowest BCUT2D eigenvalue weighted by molar-refractivity contribution is 0.0601. The van der Waals surface area contributed by atoms with Gasteiger partial charge in [0.25, 0.3) is 5.89 Å². The molecule has 0 radical (unpaired) electrons. The molecular formula is C15H11N3O3. The molecule has 6 heteroatoms. The summed E-state index contributed by atoms with van der Waals surface area (Å²) in [7, 11) is 1.34. The number of hydrogen-bond donors (Lipinski definition) is 0. The Hall–Kier alpha value is -3.02. The summed E-state index contributed by atoms with van der Waals surface area (Å²) >= 11 is 0. The average Bonchev–Trinajstić information content (AvgIpc) is 3.05. The van der Waals surface area contributed by atoms with Crippen LogP contribution in [0.5, 0.6) is 0 Å². The van der Waals surface area contributed by atoms with Crippen LogP contribution in [0.1, 0.15) is 10.4 Å². The maximum atomic E-state index is 11.4. The standard InChI is InChI=1S/C15H11N3O3/c1-20-15(19)12-4-2-11(3-5-12)14-17-13(18-21-14)10-6-8-16-9-7-10/h2-9H,1H3. The van der Waals surface area contributed by atoms with E-state index in [1.54, 1.807) is 48.8 Å². The number of carbonyl (C=O) groups excluding carboxylic acids is 1. The molecule has 0 amide bonds. The van der Waals surface area contributed by atoms with Gasteiger partial charge in [-0.2, -0.15) is 4.98 Å². The Kier molecular flexibility index (Phi) is 3.42. The van der Waals surface area contributed by atoms with E-state index in [0.717, 1.165) is 11.1 Å². The van der Waals surface area contributed by atoms with E-state index >= 15 is 0 Å². The Labute approximate surface area is 120 Å². The van der Waals surface area contributed by atoms with Gasteiger partial charge in [0, 0.05) is 23.5 Å². The van der Waals surface area contributed by atoms with E-state index in [4.69, 9.17) is 4.52 Å². The van der Waals surface area contributed by atoms with Crippen molar-refractivity contribution < 1.29 is 14.1 Å². The SMILES string of the molecule is COC(=O)c1ccc(-c2nc(-c3ccncc3)no2)cc1. The van der Waals surface area contributed by atoms with Gasteiger partial charge in [-0.05, 0) is 36.4 Å².